The molecule has 0 N–H and O–H groups in total. The fourth-order valence-corrected chi connectivity index (χ4v) is 3.93. The summed E-state index contributed by atoms with van der Waals surface area (Å²) in [7, 11) is 0. The molecule has 0 bridgehead atoms. The molecule has 1 atom stereocenters. The van der Waals surface area contributed by atoms with Gasteiger partial charge in [0.15, 0.2) is 0 Å². The van der Waals surface area contributed by atoms with E-state index in [1.807, 2.05) is 6.92 Å². The van der Waals surface area contributed by atoms with Crippen LogP contribution in [0, 0.1) is 5.92 Å². The van der Waals surface area contributed by atoms with Crippen LogP contribution in [0.5, 0.6) is 0 Å². The van der Waals surface area contributed by atoms with E-state index in [9.17, 15) is 4.79 Å². The fourth-order valence-electron chi connectivity index (χ4n) is 2.59. The topological polar surface area (TPSA) is 34.9 Å². The Bertz CT molecular complexity index is 626. The predicted octanol–water partition coefficient (Wildman–Crippen LogP) is 2.60. The van der Waals surface area contributed by atoms with E-state index in [4.69, 9.17) is 0 Å². The molecule has 4 heteroatoms. The molecule has 3 rings (SSSR count). The van der Waals surface area contributed by atoms with Gasteiger partial charge < -0.3 is 0 Å². The maximum atomic E-state index is 12.3. The molecule has 1 aliphatic rings. The van der Waals surface area contributed by atoms with Gasteiger partial charge in [-0.1, -0.05) is 6.92 Å². The first-order chi connectivity index (χ1) is 8.20. The summed E-state index contributed by atoms with van der Waals surface area (Å²) in [6.45, 7) is 4.96. The Hall–Kier alpha value is -1.16. The van der Waals surface area contributed by atoms with Crippen molar-refractivity contribution in [1.29, 1.82) is 0 Å². The van der Waals surface area contributed by atoms with E-state index in [0.717, 1.165) is 29.0 Å². The number of hydrogen-bond acceptors (Lipinski definition) is 3. The highest BCUT2D eigenvalue weighted by atomic mass is 32.1. The minimum absolute atomic E-state index is 0.143. The second-order valence-corrected chi connectivity index (χ2v) is 5.95. The molecule has 0 spiro atoms. The third kappa shape index (κ3) is 1.62. The van der Waals surface area contributed by atoms with Gasteiger partial charge in [-0.3, -0.25) is 9.36 Å². The zero-order chi connectivity index (χ0) is 12.0. The molecule has 1 aliphatic carbocycles. The molecule has 0 saturated carbocycles. The van der Waals surface area contributed by atoms with Crippen LogP contribution < -0.4 is 5.56 Å². The molecule has 0 amide bonds. The fraction of sp³-hybridized carbons (Fsp3) is 0.538. The molecule has 2 aromatic heterocycles. The maximum absolute atomic E-state index is 12.3. The maximum Gasteiger partial charge on any atom is 0.262 e. The van der Waals surface area contributed by atoms with Crippen LogP contribution in [0.1, 0.15) is 30.7 Å². The average Bonchev–Trinajstić information content (AvgIpc) is 2.67. The number of aryl methyl sites for hydroxylation is 2. The summed E-state index contributed by atoms with van der Waals surface area (Å²) in [5.74, 6) is 0.740. The third-order valence-corrected chi connectivity index (χ3v) is 4.79. The van der Waals surface area contributed by atoms with Crippen LogP contribution in [-0.2, 0) is 19.4 Å². The van der Waals surface area contributed by atoms with Crippen molar-refractivity contribution >= 4 is 21.6 Å². The van der Waals surface area contributed by atoms with Crippen LogP contribution in [0.25, 0.3) is 10.2 Å². The molecule has 0 aromatic carbocycles. The van der Waals surface area contributed by atoms with Gasteiger partial charge >= 0.3 is 0 Å². The molecule has 0 saturated heterocycles. The van der Waals surface area contributed by atoms with Crippen molar-refractivity contribution in [2.45, 2.75) is 39.7 Å². The summed E-state index contributed by atoms with van der Waals surface area (Å²) in [4.78, 5) is 19.0. The Morgan fingerprint density at radius 1 is 1.59 bits per heavy atom. The van der Waals surface area contributed by atoms with E-state index in [0.29, 0.717) is 6.54 Å². The minimum Gasteiger partial charge on any atom is -0.299 e. The second kappa shape index (κ2) is 3.95. The number of hydrogen-bond donors (Lipinski definition) is 0. The van der Waals surface area contributed by atoms with Crippen molar-refractivity contribution < 1.29 is 0 Å². The molecule has 3 nitrogen and oxygen atoms in total. The van der Waals surface area contributed by atoms with Gasteiger partial charge in [0, 0.05) is 11.4 Å². The van der Waals surface area contributed by atoms with Gasteiger partial charge in [0.05, 0.1) is 11.7 Å². The van der Waals surface area contributed by atoms with Crippen LogP contribution in [0.2, 0.25) is 0 Å². The standard InChI is InChI=1S/C13H16N2OS/c1-3-15-7-14-12-11(13(15)16)9-5-4-8(2)6-10(9)17-12/h7-8H,3-6H2,1-2H3/t8-/m1/s1. The van der Waals surface area contributed by atoms with Crippen molar-refractivity contribution in [1.82, 2.24) is 9.55 Å². The lowest BCUT2D eigenvalue weighted by molar-refractivity contribution is 0.509. The number of thiophene rings is 1. The number of nitrogens with zero attached hydrogens (tertiary/aromatic N) is 2. The summed E-state index contributed by atoms with van der Waals surface area (Å²) in [5.41, 5.74) is 1.42. The second-order valence-electron chi connectivity index (χ2n) is 4.87. The summed E-state index contributed by atoms with van der Waals surface area (Å²) >= 11 is 1.71. The highest BCUT2D eigenvalue weighted by molar-refractivity contribution is 7.18. The zero-order valence-corrected chi connectivity index (χ0v) is 11.0. The Balaban J connectivity index is 2.30. The monoisotopic (exact) mass is 248 g/mol. The van der Waals surface area contributed by atoms with E-state index in [2.05, 4.69) is 11.9 Å². The van der Waals surface area contributed by atoms with Crippen LogP contribution in [0.4, 0.5) is 0 Å². The van der Waals surface area contributed by atoms with Crippen molar-refractivity contribution in [2.75, 3.05) is 0 Å². The first kappa shape index (κ1) is 11.0. The lowest BCUT2D eigenvalue weighted by Gasteiger charge is -2.17. The highest BCUT2D eigenvalue weighted by Crippen LogP contribution is 2.35. The van der Waals surface area contributed by atoms with Gasteiger partial charge in [-0.25, -0.2) is 4.98 Å². The first-order valence-electron chi connectivity index (χ1n) is 6.20. The van der Waals surface area contributed by atoms with E-state index in [1.165, 1.54) is 16.9 Å². The Morgan fingerprint density at radius 2 is 2.41 bits per heavy atom. The number of fused-ring (bicyclic) bond motifs is 3. The van der Waals surface area contributed by atoms with Crippen molar-refractivity contribution in [2.24, 2.45) is 5.92 Å². The first-order valence-corrected chi connectivity index (χ1v) is 7.02. The molecule has 90 valence electrons. The van der Waals surface area contributed by atoms with Gasteiger partial charge in [0.25, 0.3) is 5.56 Å². The van der Waals surface area contributed by atoms with E-state index in [-0.39, 0.29) is 5.56 Å². The zero-order valence-electron chi connectivity index (χ0n) is 10.2. The Labute approximate surface area is 104 Å². The molecule has 0 fully saturated rings. The quantitative estimate of drug-likeness (QED) is 0.777. The summed E-state index contributed by atoms with van der Waals surface area (Å²) in [5, 5.41) is 0.890. The van der Waals surface area contributed by atoms with Crippen LogP contribution in [-0.4, -0.2) is 9.55 Å². The van der Waals surface area contributed by atoms with Crippen molar-refractivity contribution in [3.05, 3.63) is 27.1 Å². The summed E-state index contributed by atoms with van der Waals surface area (Å²) in [6.07, 6.45) is 5.03. The predicted molar refractivity (Wildman–Crippen MR) is 70.7 cm³/mol. The third-order valence-electron chi connectivity index (χ3n) is 3.62. The largest absolute Gasteiger partial charge is 0.299 e. The van der Waals surface area contributed by atoms with Gasteiger partial charge in [-0.05, 0) is 37.7 Å². The molecule has 2 heterocycles. The summed E-state index contributed by atoms with van der Waals surface area (Å²) < 4.78 is 1.70. The van der Waals surface area contributed by atoms with E-state index in [1.54, 1.807) is 22.2 Å². The van der Waals surface area contributed by atoms with Crippen LogP contribution in [0.3, 0.4) is 0 Å². The molecule has 0 unspecified atom stereocenters. The van der Waals surface area contributed by atoms with Crippen molar-refractivity contribution in [3.63, 3.8) is 0 Å². The lowest BCUT2D eigenvalue weighted by atomic mass is 9.89. The van der Waals surface area contributed by atoms with E-state index < -0.39 is 0 Å². The Morgan fingerprint density at radius 3 is 3.18 bits per heavy atom. The normalized spacial score (nSPS) is 19.5. The summed E-state index contributed by atoms with van der Waals surface area (Å²) in [6, 6.07) is 0. The smallest absolute Gasteiger partial charge is 0.262 e. The minimum atomic E-state index is 0.143. The average molecular weight is 248 g/mol. The number of aromatic nitrogens is 2. The van der Waals surface area contributed by atoms with E-state index >= 15 is 0 Å². The number of rotatable bonds is 1. The van der Waals surface area contributed by atoms with Gasteiger partial charge in [0.2, 0.25) is 0 Å². The Kier molecular flexibility index (Phi) is 2.54. The van der Waals surface area contributed by atoms with Gasteiger partial charge in [-0.15, -0.1) is 11.3 Å². The van der Waals surface area contributed by atoms with Gasteiger partial charge in [-0.2, -0.15) is 0 Å². The molecule has 0 aliphatic heterocycles. The van der Waals surface area contributed by atoms with Crippen molar-refractivity contribution in [3.8, 4) is 0 Å². The lowest BCUT2D eigenvalue weighted by Crippen LogP contribution is -2.20. The van der Waals surface area contributed by atoms with Crippen LogP contribution in [0.15, 0.2) is 11.1 Å². The molecule has 0 radical (unpaired) electrons. The highest BCUT2D eigenvalue weighted by Gasteiger charge is 2.22. The molecule has 2 aromatic rings. The molecular formula is C13H16N2OS. The van der Waals surface area contributed by atoms with Gasteiger partial charge in [0.1, 0.15) is 4.83 Å². The SMILES string of the molecule is CCn1cnc2sc3c(c2c1=O)CC[C@@H](C)C3. The van der Waals surface area contributed by atoms with Crippen LogP contribution >= 0.6 is 11.3 Å². The molecular weight excluding hydrogens is 232 g/mol. The molecule has 17 heavy (non-hydrogen) atoms.